The fourth-order valence-electron chi connectivity index (χ4n) is 1.59. The first kappa shape index (κ1) is 19.1. The van der Waals surface area contributed by atoms with Crippen molar-refractivity contribution in [3.05, 3.63) is 50.1 Å². The Labute approximate surface area is 136 Å². The van der Waals surface area contributed by atoms with Gasteiger partial charge >= 0.3 is 5.69 Å². The number of benzene rings is 1. The first-order valence-electron chi connectivity index (χ1n) is 6.79. The Morgan fingerprint density at radius 3 is 2.38 bits per heavy atom. The van der Waals surface area contributed by atoms with Gasteiger partial charge in [-0.2, -0.15) is 13.9 Å². The Bertz CT molecular complexity index is 713. The molecule has 10 heteroatoms. The van der Waals surface area contributed by atoms with Gasteiger partial charge in [-0.25, -0.2) is 0 Å². The van der Waals surface area contributed by atoms with Crippen molar-refractivity contribution < 1.29 is 18.6 Å². The zero-order valence-electron chi connectivity index (χ0n) is 13.2. The van der Waals surface area contributed by atoms with E-state index in [0.717, 1.165) is 30.7 Å². The third-order valence-corrected chi connectivity index (χ3v) is 3.03. The van der Waals surface area contributed by atoms with Crippen LogP contribution in [0.15, 0.2) is 34.9 Å². The minimum Gasteiger partial charge on any atom is -0.272 e. The highest BCUT2D eigenvalue weighted by Crippen LogP contribution is 2.29. The second-order valence-corrected chi connectivity index (χ2v) is 5.21. The number of non-ortho nitro benzene ring substituents is 1. The van der Waals surface area contributed by atoms with E-state index < -0.39 is 39.3 Å². The molecule has 0 heterocycles. The number of hydrogen-bond acceptors (Lipinski definition) is 6. The van der Waals surface area contributed by atoms with E-state index >= 15 is 0 Å². The summed E-state index contributed by atoms with van der Waals surface area (Å²) in [6.45, 7) is 4.45. The molecule has 0 aromatic heterocycles. The molecule has 0 aliphatic rings. The van der Waals surface area contributed by atoms with Crippen LogP contribution in [0.2, 0.25) is 0 Å². The SMILES string of the molecule is CC(C)=CCC(F)(F)C(C)=NNc1ccc([N+](=O)[O-])cc1[N+](=O)[O-]. The van der Waals surface area contributed by atoms with Crippen molar-refractivity contribution in [2.75, 3.05) is 5.43 Å². The van der Waals surface area contributed by atoms with Crippen LogP contribution in [0.4, 0.5) is 25.8 Å². The van der Waals surface area contributed by atoms with Gasteiger partial charge in [0.05, 0.1) is 15.9 Å². The van der Waals surface area contributed by atoms with Gasteiger partial charge in [-0.15, -0.1) is 0 Å². The van der Waals surface area contributed by atoms with Crippen molar-refractivity contribution >= 4 is 22.8 Å². The minimum atomic E-state index is -3.22. The second kappa shape index (κ2) is 7.57. The molecule has 24 heavy (non-hydrogen) atoms. The lowest BCUT2D eigenvalue weighted by Crippen LogP contribution is -2.26. The van der Waals surface area contributed by atoms with Crippen LogP contribution in [0, 0.1) is 20.2 Å². The minimum absolute atomic E-state index is 0.219. The zero-order chi connectivity index (χ0) is 18.5. The van der Waals surface area contributed by atoms with Crippen LogP contribution in [-0.2, 0) is 0 Å². The number of rotatable bonds is 7. The van der Waals surface area contributed by atoms with E-state index in [1.54, 1.807) is 13.8 Å². The van der Waals surface area contributed by atoms with Crippen LogP contribution in [0.3, 0.4) is 0 Å². The van der Waals surface area contributed by atoms with Crippen LogP contribution < -0.4 is 5.43 Å². The maximum atomic E-state index is 13.9. The topological polar surface area (TPSA) is 111 Å². The lowest BCUT2D eigenvalue weighted by atomic mass is 10.1. The number of hydrazone groups is 1. The summed E-state index contributed by atoms with van der Waals surface area (Å²) < 4.78 is 27.7. The van der Waals surface area contributed by atoms with Crippen LogP contribution in [0.1, 0.15) is 27.2 Å². The second-order valence-electron chi connectivity index (χ2n) is 5.21. The quantitative estimate of drug-likeness (QED) is 0.344. The largest absolute Gasteiger partial charge is 0.301 e. The van der Waals surface area contributed by atoms with Crippen LogP contribution >= 0.6 is 0 Å². The molecule has 1 N–H and O–H groups in total. The van der Waals surface area contributed by atoms with Gasteiger partial charge in [-0.1, -0.05) is 11.6 Å². The summed E-state index contributed by atoms with van der Waals surface area (Å²) in [5.41, 5.74) is 1.00. The molecule has 0 saturated heterocycles. The molecule has 1 rings (SSSR count). The fraction of sp³-hybridized carbons (Fsp3) is 0.357. The molecule has 0 aliphatic carbocycles. The summed E-state index contributed by atoms with van der Waals surface area (Å²) >= 11 is 0. The summed E-state index contributed by atoms with van der Waals surface area (Å²) in [5, 5.41) is 25.1. The van der Waals surface area contributed by atoms with E-state index in [4.69, 9.17) is 0 Å². The number of alkyl halides is 2. The van der Waals surface area contributed by atoms with Gasteiger partial charge < -0.3 is 0 Å². The van der Waals surface area contributed by atoms with Crippen molar-refractivity contribution in [2.24, 2.45) is 5.10 Å². The third-order valence-electron chi connectivity index (χ3n) is 3.03. The normalized spacial score (nSPS) is 11.8. The molecular weight excluding hydrogens is 326 g/mol. The number of nitrogens with zero attached hydrogens (tertiary/aromatic N) is 3. The average molecular weight is 342 g/mol. The van der Waals surface area contributed by atoms with E-state index in [2.05, 4.69) is 10.5 Å². The molecule has 1 aromatic carbocycles. The molecule has 0 saturated carbocycles. The van der Waals surface area contributed by atoms with E-state index in [0.29, 0.717) is 0 Å². The van der Waals surface area contributed by atoms with Crippen LogP contribution in [0.5, 0.6) is 0 Å². The van der Waals surface area contributed by atoms with Gasteiger partial charge in [0.25, 0.3) is 11.6 Å². The van der Waals surface area contributed by atoms with E-state index in [9.17, 15) is 29.0 Å². The van der Waals surface area contributed by atoms with Gasteiger partial charge in [0.15, 0.2) is 0 Å². The first-order chi connectivity index (χ1) is 11.0. The number of nitro groups is 2. The van der Waals surface area contributed by atoms with E-state index in [1.165, 1.54) is 6.08 Å². The van der Waals surface area contributed by atoms with Gasteiger partial charge in [0.2, 0.25) is 0 Å². The number of allylic oxidation sites excluding steroid dienone is 2. The van der Waals surface area contributed by atoms with Crippen molar-refractivity contribution in [3.8, 4) is 0 Å². The number of halogens is 2. The molecule has 0 radical (unpaired) electrons. The van der Waals surface area contributed by atoms with Crippen molar-refractivity contribution in [1.29, 1.82) is 0 Å². The van der Waals surface area contributed by atoms with Crippen molar-refractivity contribution in [2.45, 2.75) is 33.1 Å². The molecule has 8 nitrogen and oxygen atoms in total. The molecule has 0 fully saturated rings. The molecule has 0 unspecified atom stereocenters. The molecule has 0 bridgehead atoms. The molecule has 0 atom stereocenters. The lowest BCUT2D eigenvalue weighted by molar-refractivity contribution is -0.393. The number of nitrogens with one attached hydrogen (secondary N) is 1. The smallest absolute Gasteiger partial charge is 0.272 e. The van der Waals surface area contributed by atoms with Crippen LogP contribution in [0.25, 0.3) is 0 Å². The Hall–Kier alpha value is -2.91. The maximum absolute atomic E-state index is 13.9. The Morgan fingerprint density at radius 2 is 1.88 bits per heavy atom. The first-order valence-corrected chi connectivity index (χ1v) is 6.79. The summed E-state index contributed by atoms with van der Waals surface area (Å²) in [6, 6.07) is 2.79. The summed E-state index contributed by atoms with van der Waals surface area (Å²) in [4.78, 5) is 19.9. The summed E-state index contributed by atoms with van der Waals surface area (Å²) in [5.74, 6) is -3.22. The molecular formula is C14H16F2N4O4. The van der Waals surface area contributed by atoms with Crippen LogP contribution in [-0.4, -0.2) is 21.5 Å². The highest BCUT2D eigenvalue weighted by molar-refractivity contribution is 5.89. The predicted octanol–water partition coefficient (Wildman–Crippen LogP) is 4.28. The molecule has 0 spiro atoms. The van der Waals surface area contributed by atoms with E-state index in [-0.39, 0.29) is 5.69 Å². The van der Waals surface area contributed by atoms with Gasteiger partial charge in [-0.05, 0) is 26.8 Å². The van der Waals surface area contributed by atoms with E-state index in [1.807, 2.05) is 0 Å². The number of anilines is 1. The molecule has 130 valence electrons. The summed E-state index contributed by atoms with van der Waals surface area (Å²) in [6.07, 6.45) is 0.808. The third kappa shape index (κ3) is 5.07. The summed E-state index contributed by atoms with van der Waals surface area (Å²) in [7, 11) is 0. The lowest BCUT2D eigenvalue weighted by Gasteiger charge is -2.14. The standard InChI is InChI=1S/C14H16F2N4O4/c1-9(2)6-7-14(15,16)10(3)17-18-12-5-4-11(19(21)22)8-13(12)20(23)24/h4-6,8,18H,7H2,1-3H3. The zero-order valence-corrected chi connectivity index (χ0v) is 13.2. The monoisotopic (exact) mass is 342 g/mol. The van der Waals surface area contributed by atoms with Crippen molar-refractivity contribution in [1.82, 2.24) is 0 Å². The molecule has 0 aliphatic heterocycles. The molecule has 0 amide bonds. The van der Waals surface area contributed by atoms with Gasteiger partial charge in [0, 0.05) is 12.5 Å². The Morgan fingerprint density at radius 1 is 1.25 bits per heavy atom. The van der Waals surface area contributed by atoms with Gasteiger partial charge in [0.1, 0.15) is 11.4 Å². The number of nitro benzene ring substituents is 2. The predicted molar refractivity (Wildman–Crippen MR) is 85.5 cm³/mol. The highest BCUT2D eigenvalue weighted by atomic mass is 19.3. The fourth-order valence-corrected chi connectivity index (χ4v) is 1.59. The molecule has 1 aromatic rings. The highest BCUT2D eigenvalue weighted by Gasteiger charge is 2.32. The van der Waals surface area contributed by atoms with Gasteiger partial charge in [-0.3, -0.25) is 25.7 Å². The Kier molecular flexibility index (Phi) is 6.04. The van der Waals surface area contributed by atoms with Crippen molar-refractivity contribution in [3.63, 3.8) is 0 Å². The average Bonchev–Trinajstić information content (AvgIpc) is 2.50. The Balaban J connectivity index is 3.06. The number of hydrogen-bond donors (Lipinski definition) is 1. The maximum Gasteiger partial charge on any atom is 0.301 e.